The summed E-state index contributed by atoms with van der Waals surface area (Å²) in [5.74, 6) is 1.12. The molecule has 114 valence electrons. The second kappa shape index (κ2) is 6.36. The number of rotatable bonds is 5. The van der Waals surface area contributed by atoms with Crippen LogP contribution in [0.1, 0.15) is 18.4 Å². The van der Waals surface area contributed by atoms with Crippen molar-refractivity contribution in [3.63, 3.8) is 0 Å². The summed E-state index contributed by atoms with van der Waals surface area (Å²) in [4.78, 5) is 8.65. The van der Waals surface area contributed by atoms with E-state index in [1.165, 1.54) is 18.4 Å². The van der Waals surface area contributed by atoms with Gasteiger partial charge in [-0.05, 0) is 54.5 Å². The molecule has 1 aliphatic rings. The lowest BCUT2D eigenvalue weighted by Gasteiger charge is -2.13. The van der Waals surface area contributed by atoms with Gasteiger partial charge in [0.1, 0.15) is 5.82 Å². The van der Waals surface area contributed by atoms with Gasteiger partial charge in [0.2, 0.25) is 0 Å². The van der Waals surface area contributed by atoms with Gasteiger partial charge in [0, 0.05) is 17.8 Å². The third-order valence-electron chi connectivity index (χ3n) is 3.93. The Hall–Kier alpha value is -2.07. The van der Waals surface area contributed by atoms with Gasteiger partial charge in [0.05, 0.1) is 0 Å². The highest BCUT2D eigenvalue weighted by Gasteiger charge is 2.42. The number of nitrogens with one attached hydrogen (secondary N) is 1. The van der Waals surface area contributed by atoms with Gasteiger partial charge in [-0.15, -0.1) is 0 Å². The number of benzene rings is 1. The van der Waals surface area contributed by atoms with Gasteiger partial charge in [0.15, 0.2) is 5.96 Å². The van der Waals surface area contributed by atoms with Crippen molar-refractivity contribution in [3.05, 3.63) is 59.2 Å². The zero-order valence-corrected chi connectivity index (χ0v) is 13.1. The van der Waals surface area contributed by atoms with Crippen molar-refractivity contribution in [3.8, 4) is 0 Å². The topological polar surface area (TPSA) is 63.3 Å². The molecule has 0 unspecified atom stereocenters. The van der Waals surface area contributed by atoms with Gasteiger partial charge in [-0.25, -0.2) is 4.98 Å². The first-order valence-electron chi connectivity index (χ1n) is 7.38. The van der Waals surface area contributed by atoms with Crippen LogP contribution >= 0.6 is 11.6 Å². The number of guanidine groups is 1. The maximum Gasteiger partial charge on any atom is 0.194 e. The van der Waals surface area contributed by atoms with Crippen LogP contribution in [0.5, 0.6) is 0 Å². The largest absolute Gasteiger partial charge is 0.370 e. The van der Waals surface area contributed by atoms with Crippen molar-refractivity contribution < 1.29 is 0 Å². The van der Waals surface area contributed by atoms with E-state index in [1.54, 1.807) is 6.20 Å². The second-order valence-electron chi connectivity index (χ2n) is 5.85. The first-order valence-corrected chi connectivity index (χ1v) is 7.76. The van der Waals surface area contributed by atoms with E-state index >= 15 is 0 Å². The summed E-state index contributed by atoms with van der Waals surface area (Å²) in [6.07, 6.45) is 5.07. The molecule has 1 heterocycles. The number of anilines is 1. The Morgan fingerprint density at radius 3 is 2.82 bits per heavy atom. The number of pyridine rings is 1. The summed E-state index contributed by atoms with van der Waals surface area (Å²) in [5.41, 5.74) is 7.43. The molecule has 4 nitrogen and oxygen atoms in total. The van der Waals surface area contributed by atoms with Crippen LogP contribution in [-0.4, -0.2) is 17.5 Å². The Balaban J connectivity index is 1.59. The molecule has 0 aliphatic heterocycles. The molecule has 3 rings (SSSR count). The smallest absolute Gasteiger partial charge is 0.194 e. The lowest BCUT2D eigenvalue weighted by atomic mass is 9.97. The first-order chi connectivity index (χ1) is 10.7. The highest BCUT2D eigenvalue weighted by molar-refractivity contribution is 6.30. The van der Waals surface area contributed by atoms with Crippen LogP contribution in [0.2, 0.25) is 5.02 Å². The normalized spacial score (nSPS) is 16.3. The van der Waals surface area contributed by atoms with E-state index in [4.69, 9.17) is 17.3 Å². The molecule has 0 atom stereocenters. The number of aromatic nitrogens is 1. The quantitative estimate of drug-likeness (QED) is 0.656. The molecule has 0 spiro atoms. The highest BCUT2D eigenvalue weighted by Crippen LogP contribution is 2.48. The third kappa shape index (κ3) is 3.98. The number of nitrogens with two attached hydrogens (primary N) is 1. The Labute approximate surface area is 135 Å². The molecule has 1 fully saturated rings. The lowest BCUT2D eigenvalue weighted by molar-refractivity contribution is 0.522. The van der Waals surface area contributed by atoms with Gasteiger partial charge in [0.25, 0.3) is 0 Å². The fraction of sp³-hybridized carbons (Fsp3) is 0.294. The molecule has 1 aromatic heterocycles. The Morgan fingerprint density at radius 2 is 2.14 bits per heavy atom. The molecule has 2 aromatic rings. The van der Waals surface area contributed by atoms with Crippen molar-refractivity contribution in [2.45, 2.75) is 19.3 Å². The third-order valence-corrected chi connectivity index (χ3v) is 4.17. The van der Waals surface area contributed by atoms with E-state index in [-0.39, 0.29) is 5.41 Å². The van der Waals surface area contributed by atoms with Gasteiger partial charge in [-0.2, -0.15) is 0 Å². The molecule has 0 amide bonds. The summed E-state index contributed by atoms with van der Waals surface area (Å²) in [7, 11) is 0. The Morgan fingerprint density at radius 1 is 1.27 bits per heavy atom. The summed E-state index contributed by atoms with van der Waals surface area (Å²) in [6.45, 7) is 0.727. The lowest BCUT2D eigenvalue weighted by Crippen LogP contribution is -2.25. The maximum absolute atomic E-state index is 6.05. The molecule has 3 N–H and O–H groups in total. The highest BCUT2D eigenvalue weighted by atomic mass is 35.5. The van der Waals surface area contributed by atoms with Crippen molar-refractivity contribution in [2.24, 2.45) is 16.1 Å². The molecule has 1 aromatic carbocycles. The summed E-state index contributed by atoms with van der Waals surface area (Å²) in [6, 6.07) is 13.7. The number of hydrogen-bond acceptors (Lipinski definition) is 2. The van der Waals surface area contributed by atoms with E-state index in [1.807, 2.05) is 36.4 Å². The van der Waals surface area contributed by atoms with Crippen LogP contribution in [0.25, 0.3) is 0 Å². The van der Waals surface area contributed by atoms with E-state index in [9.17, 15) is 0 Å². The second-order valence-corrected chi connectivity index (χ2v) is 6.28. The fourth-order valence-electron chi connectivity index (χ4n) is 2.51. The summed E-state index contributed by atoms with van der Waals surface area (Å²) in [5, 5.41) is 3.80. The summed E-state index contributed by atoms with van der Waals surface area (Å²) < 4.78 is 0. The van der Waals surface area contributed by atoms with Crippen molar-refractivity contribution in [1.29, 1.82) is 0 Å². The van der Waals surface area contributed by atoms with Gasteiger partial charge < -0.3 is 11.1 Å². The zero-order chi connectivity index (χ0) is 15.4. The van der Waals surface area contributed by atoms with Crippen molar-refractivity contribution >= 4 is 23.4 Å². The van der Waals surface area contributed by atoms with E-state index in [2.05, 4.69) is 21.4 Å². The summed E-state index contributed by atoms with van der Waals surface area (Å²) >= 11 is 6.05. The molecular formula is C17H19ClN4. The van der Waals surface area contributed by atoms with Gasteiger partial charge in [-0.1, -0.05) is 29.8 Å². The SMILES string of the molecule is NC(=NCC1(Cc2cccc(Cl)c2)CC1)Nc1ccccn1. The van der Waals surface area contributed by atoms with Crippen molar-refractivity contribution in [1.82, 2.24) is 4.98 Å². The predicted octanol–water partition coefficient (Wildman–Crippen LogP) is 3.48. The van der Waals surface area contributed by atoms with Crippen LogP contribution in [-0.2, 0) is 6.42 Å². The number of nitrogens with zero attached hydrogens (tertiary/aromatic N) is 2. The monoisotopic (exact) mass is 314 g/mol. The predicted molar refractivity (Wildman–Crippen MR) is 91.2 cm³/mol. The molecule has 0 bridgehead atoms. The van der Waals surface area contributed by atoms with Crippen LogP contribution in [0, 0.1) is 5.41 Å². The standard InChI is InChI=1S/C17H19ClN4/c18-14-5-3-4-13(10-14)11-17(7-8-17)12-21-16(19)22-15-6-1-2-9-20-15/h1-6,9-10H,7-8,11-12H2,(H3,19,20,21,22). The van der Waals surface area contributed by atoms with E-state index < -0.39 is 0 Å². The fourth-order valence-corrected chi connectivity index (χ4v) is 2.72. The molecule has 22 heavy (non-hydrogen) atoms. The minimum absolute atomic E-state index is 0.237. The minimum Gasteiger partial charge on any atom is -0.370 e. The molecule has 0 saturated heterocycles. The van der Waals surface area contributed by atoms with Crippen LogP contribution in [0.3, 0.4) is 0 Å². The van der Waals surface area contributed by atoms with Crippen LogP contribution < -0.4 is 11.1 Å². The molecular weight excluding hydrogens is 296 g/mol. The van der Waals surface area contributed by atoms with E-state index in [0.29, 0.717) is 11.8 Å². The van der Waals surface area contributed by atoms with E-state index in [0.717, 1.165) is 18.0 Å². The minimum atomic E-state index is 0.237. The zero-order valence-electron chi connectivity index (χ0n) is 12.3. The number of halogens is 1. The molecule has 1 aliphatic carbocycles. The Bertz CT molecular complexity index is 665. The molecule has 1 saturated carbocycles. The first kappa shape index (κ1) is 14.9. The van der Waals surface area contributed by atoms with Gasteiger partial charge >= 0.3 is 0 Å². The molecule has 5 heteroatoms. The van der Waals surface area contributed by atoms with Gasteiger partial charge in [-0.3, -0.25) is 4.99 Å². The average Bonchev–Trinajstić information content (AvgIpc) is 3.26. The van der Waals surface area contributed by atoms with Crippen LogP contribution in [0.15, 0.2) is 53.7 Å². The Kier molecular flexibility index (Phi) is 4.29. The average molecular weight is 315 g/mol. The molecule has 0 radical (unpaired) electrons. The van der Waals surface area contributed by atoms with Crippen molar-refractivity contribution in [2.75, 3.05) is 11.9 Å². The van der Waals surface area contributed by atoms with Crippen LogP contribution in [0.4, 0.5) is 5.82 Å². The number of hydrogen-bond donors (Lipinski definition) is 2. The number of aliphatic imine (C=N–C) groups is 1. The maximum atomic E-state index is 6.05.